The fourth-order valence-corrected chi connectivity index (χ4v) is 2.78. The molecule has 0 aromatic carbocycles. The maximum absolute atomic E-state index is 8.60. The first-order valence-electron chi connectivity index (χ1n) is 6.90. The molecule has 0 amide bonds. The second-order valence-electron chi connectivity index (χ2n) is 4.60. The number of hydrogen-bond donors (Lipinski definition) is 3. The average Bonchev–Trinajstić information content (AvgIpc) is 2.40. The lowest BCUT2D eigenvalue weighted by Crippen LogP contribution is -2.48. The molecule has 108 valence electrons. The van der Waals surface area contributed by atoms with Gasteiger partial charge in [-0.2, -0.15) is 0 Å². The number of halogens is 1. The number of nitrogens with one attached hydrogen (secondary N) is 2. The van der Waals surface area contributed by atoms with Crippen LogP contribution < -0.4 is 10.6 Å². The predicted molar refractivity (Wildman–Crippen MR) is 84.6 cm³/mol. The largest absolute Gasteiger partial charge is 0.395 e. The van der Waals surface area contributed by atoms with Crippen LogP contribution in [0.25, 0.3) is 0 Å². The molecular weight excluding hydrogens is 343 g/mol. The second kappa shape index (κ2) is 11.4. The van der Waals surface area contributed by atoms with Crippen molar-refractivity contribution in [2.75, 3.05) is 76.5 Å². The van der Waals surface area contributed by atoms with Gasteiger partial charge in [-0.25, -0.2) is 0 Å². The molecule has 18 heavy (non-hydrogen) atoms. The Hall–Kier alpha value is 0.530. The number of nitrogens with zero attached hydrogens (tertiary/aromatic N) is 2. The summed E-state index contributed by atoms with van der Waals surface area (Å²) in [5, 5.41) is 15.2. The van der Waals surface area contributed by atoms with E-state index < -0.39 is 0 Å². The van der Waals surface area contributed by atoms with E-state index in [1.54, 1.807) is 0 Å². The Balaban J connectivity index is 1.88. The Labute approximate surface area is 124 Å². The van der Waals surface area contributed by atoms with Gasteiger partial charge in [0.2, 0.25) is 0 Å². The number of alkyl halides is 1. The van der Waals surface area contributed by atoms with Gasteiger partial charge in [0.15, 0.2) is 0 Å². The molecule has 0 saturated carbocycles. The van der Waals surface area contributed by atoms with Crippen molar-refractivity contribution in [3.63, 3.8) is 0 Å². The van der Waals surface area contributed by atoms with Crippen LogP contribution in [0.4, 0.5) is 0 Å². The van der Waals surface area contributed by atoms with E-state index >= 15 is 0 Å². The fraction of sp³-hybridized carbons (Fsp3) is 1.00. The summed E-state index contributed by atoms with van der Waals surface area (Å²) in [6.45, 7) is 11.2. The zero-order valence-corrected chi connectivity index (χ0v) is 13.4. The van der Waals surface area contributed by atoms with Crippen molar-refractivity contribution in [1.29, 1.82) is 0 Å². The zero-order valence-electron chi connectivity index (χ0n) is 11.2. The molecule has 0 aromatic rings. The summed E-state index contributed by atoms with van der Waals surface area (Å²) < 4.78 is 1.24. The van der Waals surface area contributed by atoms with Crippen molar-refractivity contribution in [1.82, 2.24) is 20.4 Å². The van der Waals surface area contributed by atoms with Crippen molar-refractivity contribution >= 4 is 22.6 Å². The SMILES string of the molecule is OCCNCCNCCN1CCN(CCI)CC1. The van der Waals surface area contributed by atoms with Crippen LogP contribution in [-0.2, 0) is 0 Å². The molecule has 3 N–H and O–H groups in total. The summed E-state index contributed by atoms with van der Waals surface area (Å²) in [7, 11) is 0. The summed E-state index contributed by atoms with van der Waals surface area (Å²) in [6.07, 6.45) is 0. The van der Waals surface area contributed by atoms with Gasteiger partial charge in [0, 0.05) is 69.9 Å². The van der Waals surface area contributed by atoms with Crippen LogP contribution in [0.1, 0.15) is 0 Å². The van der Waals surface area contributed by atoms with E-state index in [-0.39, 0.29) is 6.61 Å². The molecule has 0 spiro atoms. The van der Waals surface area contributed by atoms with Crippen molar-refractivity contribution < 1.29 is 5.11 Å². The molecule has 6 heteroatoms. The monoisotopic (exact) mass is 370 g/mol. The Morgan fingerprint density at radius 2 is 1.39 bits per heavy atom. The lowest BCUT2D eigenvalue weighted by atomic mass is 10.3. The van der Waals surface area contributed by atoms with Gasteiger partial charge >= 0.3 is 0 Å². The second-order valence-corrected chi connectivity index (χ2v) is 5.67. The van der Waals surface area contributed by atoms with Crippen LogP contribution in [0.15, 0.2) is 0 Å². The van der Waals surface area contributed by atoms with Gasteiger partial charge in [0.05, 0.1) is 6.61 Å². The zero-order chi connectivity index (χ0) is 13.1. The number of piperazine rings is 1. The molecule has 1 aliphatic heterocycles. The topological polar surface area (TPSA) is 50.8 Å². The van der Waals surface area contributed by atoms with Crippen LogP contribution in [0, 0.1) is 0 Å². The molecule has 1 aliphatic rings. The third-order valence-electron chi connectivity index (χ3n) is 3.24. The first-order chi connectivity index (χ1) is 8.86. The Morgan fingerprint density at radius 3 is 1.94 bits per heavy atom. The van der Waals surface area contributed by atoms with Gasteiger partial charge in [-0.1, -0.05) is 22.6 Å². The molecule has 1 fully saturated rings. The van der Waals surface area contributed by atoms with E-state index in [0.29, 0.717) is 6.54 Å². The maximum atomic E-state index is 8.60. The van der Waals surface area contributed by atoms with Crippen LogP contribution in [0.2, 0.25) is 0 Å². The van der Waals surface area contributed by atoms with E-state index in [1.165, 1.54) is 37.2 Å². The van der Waals surface area contributed by atoms with Crippen LogP contribution in [0.5, 0.6) is 0 Å². The molecule has 1 rings (SSSR count). The average molecular weight is 370 g/mol. The van der Waals surface area contributed by atoms with Crippen LogP contribution in [0.3, 0.4) is 0 Å². The molecule has 0 bridgehead atoms. The summed E-state index contributed by atoms with van der Waals surface area (Å²) in [4.78, 5) is 5.09. The van der Waals surface area contributed by atoms with Gasteiger partial charge in [-0.15, -0.1) is 0 Å². The Kier molecular flexibility index (Phi) is 10.5. The minimum atomic E-state index is 0.224. The third kappa shape index (κ3) is 7.85. The molecule has 0 aromatic heterocycles. The Bertz CT molecular complexity index is 189. The molecule has 1 saturated heterocycles. The summed E-state index contributed by atoms with van der Waals surface area (Å²) in [5.74, 6) is 0. The normalized spacial score (nSPS) is 18.3. The fourth-order valence-electron chi connectivity index (χ4n) is 2.10. The number of aliphatic hydroxyl groups excluding tert-OH is 1. The van der Waals surface area contributed by atoms with Crippen molar-refractivity contribution in [3.8, 4) is 0 Å². The first kappa shape index (κ1) is 16.6. The molecule has 0 atom stereocenters. The Morgan fingerprint density at radius 1 is 0.833 bits per heavy atom. The lowest BCUT2D eigenvalue weighted by molar-refractivity contribution is 0.139. The predicted octanol–water partition coefficient (Wildman–Crippen LogP) is -0.789. The van der Waals surface area contributed by atoms with Crippen LogP contribution >= 0.6 is 22.6 Å². The minimum Gasteiger partial charge on any atom is -0.395 e. The van der Waals surface area contributed by atoms with Gasteiger partial charge in [0.1, 0.15) is 0 Å². The van der Waals surface area contributed by atoms with Crippen molar-refractivity contribution in [3.05, 3.63) is 0 Å². The van der Waals surface area contributed by atoms with Gasteiger partial charge in [0.25, 0.3) is 0 Å². The van der Waals surface area contributed by atoms with Gasteiger partial charge in [-0.05, 0) is 0 Å². The summed E-state index contributed by atoms with van der Waals surface area (Å²) in [6, 6.07) is 0. The molecule has 0 unspecified atom stereocenters. The van der Waals surface area contributed by atoms with E-state index in [1.807, 2.05) is 0 Å². The summed E-state index contributed by atoms with van der Waals surface area (Å²) >= 11 is 2.45. The van der Waals surface area contributed by atoms with E-state index in [2.05, 4.69) is 43.0 Å². The highest BCUT2D eigenvalue weighted by Crippen LogP contribution is 2.01. The number of rotatable bonds is 10. The van der Waals surface area contributed by atoms with Gasteiger partial charge in [-0.3, -0.25) is 4.90 Å². The van der Waals surface area contributed by atoms with E-state index in [0.717, 1.165) is 26.2 Å². The lowest BCUT2D eigenvalue weighted by Gasteiger charge is -2.34. The maximum Gasteiger partial charge on any atom is 0.0555 e. The van der Waals surface area contributed by atoms with E-state index in [4.69, 9.17) is 5.11 Å². The van der Waals surface area contributed by atoms with Gasteiger partial charge < -0.3 is 20.6 Å². The minimum absolute atomic E-state index is 0.224. The summed E-state index contributed by atoms with van der Waals surface area (Å²) in [5.41, 5.74) is 0. The first-order valence-corrected chi connectivity index (χ1v) is 8.42. The molecule has 1 heterocycles. The highest BCUT2D eigenvalue weighted by Gasteiger charge is 2.15. The highest BCUT2D eigenvalue weighted by atomic mass is 127. The molecular formula is C12H27IN4O. The number of aliphatic hydroxyl groups is 1. The molecule has 5 nitrogen and oxygen atoms in total. The molecule has 0 radical (unpaired) electrons. The standard InChI is InChI=1S/C12H27IN4O/c13-1-6-16-8-10-17(11-9-16)7-4-14-2-3-15-5-12-18/h14-15,18H,1-12H2. The van der Waals surface area contributed by atoms with Crippen molar-refractivity contribution in [2.45, 2.75) is 0 Å². The highest BCUT2D eigenvalue weighted by molar-refractivity contribution is 14.1. The number of hydrogen-bond acceptors (Lipinski definition) is 5. The quantitative estimate of drug-likeness (QED) is 0.267. The van der Waals surface area contributed by atoms with E-state index in [9.17, 15) is 0 Å². The van der Waals surface area contributed by atoms with Crippen molar-refractivity contribution in [2.24, 2.45) is 0 Å². The smallest absolute Gasteiger partial charge is 0.0555 e. The third-order valence-corrected chi connectivity index (χ3v) is 3.72. The van der Waals surface area contributed by atoms with Crippen LogP contribution in [-0.4, -0.2) is 91.4 Å². The molecule has 0 aliphatic carbocycles.